The first kappa shape index (κ1) is 16.9. The Hall–Kier alpha value is -1.11. The molecule has 0 rings (SSSR count). The van der Waals surface area contributed by atoms with Gasteiger partial charge in [-0.15, -0.1) is 0 Å². The van der Waals surface area contributed by atoms with Crippen LogP contribution in [0.5, 0.6) is 0 Å². The van der Waals surface area contributed by atoms with E-state index in [0.717, 1.165) is 5.32 Å². The first-order valence-electron chi connectivity index (χ1n) is 5.38. The van der Waals surface area contributed by atoms with E-state index in [0.29, 0.717) is 21.4 Å². The van der Waals surface area contributed by atoms with E-state index in [1.165, 1.54) is 0 Å². The Morgan fingerprint density at radius 2 is 1.83 bits per heavy atom. The molecular formula is C10H18N2O5Se. The maximum atomic E-state index is 11.4. The van der Waals surface area contributed by atoms with E-state index in [4.69, 9.17) is 15.9 Å². The minimum absolute atomic E-state index is 0.00871. The molecule has 2 unspecified atom stereocenters. The molecular weight excluding hydrogens is 307 g/mol. The SMILES string of the molecule is C[Se]CCC(NC(=O)CCC(N)C(=O)O)C(=O)O. The second-order valence-corrected chi connectivity index (χ2v) is 5.79. The van der Waals surface area contributed by atoms with Gasteiger partial charge in [-0.2, -0.15) is 0 Å². The van der Waals surface area contributed by atoms with Crippen molar-refractivity contribution in [3.05, 3.63) is 0 Å². The third-order valence-electron chi connectivity index (χ3n) is 2.24. The summed E-state index contributed by atoms with van der Waals surface area (Å²) in [5.41, 5.74) is 5.24. The first-order valence-corrected chi connectivity index (χ1v) is 8.30. The number of carboxylic acid groups (broad SMARTS) is 2. The topological polar surface area (TPSA) is 130 Å². The molecule has 8 heteroatoms. The van der Waals surface area contributed by atoms with E-state index < -0.39 is 29.9 Å². The fourth-order valence-corrected chi connectivity index (χ4v) is 2.16. The molecule has 2 atom stereocenters. The van der Waals surface area contributed by atoms with Gasteiger partial charge in [-0.05, 0) is 0 Å². The predicted molar refractivity (Wildman–Crippen MR) is 65.5 cm³/mol. The molecule has 18 heavy (non-hydrogen) atoms. The van der Waals surface area contributed by atoms with Crippen LogP contribution < -0.4 is 11.1 Å². The molecule has 0 aliphatic carbocycles. The van der Waals surface area contributed by atoms with Gasteiger partial charge in [-0.25, -0.2) is 0 Å². The van der Waals surface area contributed by atoms with Crippen LogP contribution in [0.3, 0.4) is 0 Å². The Morgan fingerprint density at radius 1 is 1.22 bits per heavy atom. The molecule has 0 aliphatic rings. The van der Waals surface area contributed by atoms with E-state index in [1.54, 1.807) is 0 Å². The fourth-order valence-electron chi connectivity index (χ4n) is 1.17. The summed E-state index contributed by atoms with van der Waals surface area (Å²) in [6, 6.07) is -2.00. The molecule has 0 aromatic carbocycles. The molecule has 0 fully saturated rings. The van der Waals surface area contributed by atoms with Gasteiger partial charge in [0.2, 0.25) is 0 Å². The van der Waals surface area contributed by atoms with Gasteiger partial charge in [-0.1, -0.05) is 0 Å². The van der Waals surface area contributed by atoms with Crippen molar-refractivity contribution in [1.82, 2.24) is 5.32 Å². The Balaban J connectivity index is 4.09. The third-order valence-corrected chi connectivity index (χ3v) is 3.59. The number of aliphatic carboxylic acids is 2. The zero-order valence-electron chi connectivity index (χ0n) is 10.1. The van der Waals surface area contributed by atoms with Crippen LogP contribution >= 0.6 is 0 Å². The first-order chi connectivity index (χ1) is 8.38. The minimum atomic E-state index is -1.17. The number of carbonyl (C=O) groups excluding carboxylic acids is 1. The number of hydrogen-bond donors (Lipinski definition) is 4. The van der Waals surface area contributed by atoms with Gasteiger partial charge in [0.1, 0.15) is 0 Å². The Bertz CT molecular complexity index is 311. The van der Waals surface area contributed by atoms with Crippen LogP contribution in [0.2, 0.25) is 11.1 Å². The van der Waals surface area contributed by atoms with Crippen LogP contribution in [0.15, 0.2) is 0 Å². The van der Waals surface area contributed by atoms with Crippen LogP contribution in [0.4, 0.5) is 0 Å². The van der Waals surface area contributed by atoms with Crippen molar-refractivity contribution < 1.29 is 24.6 Å². The molecule has 0 spiro atoms. The summed E-state index contributed by atoms with van der Waals surface area (Å²) >= 11 is 0.351. The summed E-state index contributed by atoms with van der Waals surface area (Å²) in [4.78, 5) is 32.7. The molecule has 0 aromatic heterocycles. The Labute approximate surface area is 111 Å². The van der Waals surface area contributed by atoms with Crippen molar-refractivity contribution in [2.45, 2.75) is 42.5 Å². The molecule has 5 N–H and O–H groups in total. The second kappa shape index (κ2) is 8.90. The molecule has 0 saturated carbocycles. The summed E-state index contributed by atoms with van der Waals surface area (Å²) in [6.45, 7) is 0. The summed E-state index contributed by atoms with van der Waals surface area (Å²) < 4.78 is 0. The maximum absolute atomic E-state index is 11.4. The molecule has 1 amide bonds. The average molecular weight is 325 g/mol. The van der Waals surface area contributed by atoms with Gasteiger partial charge in [0, 0.05) is 0 Å². The number of carboxylic acids is 2. The van der Waals surface area contributed by atoms with Crippen molar-refractivity contribution >= 4 is 32.8 Å². The number of nitrogens with two attached hydrogens (primary N) is 1. The molecule has 104 valence electrons. The van der Waals surface area contributed by atoms with Crippen molar-refractivity contribution in [3.8, 4) is 0 Å². The van der Waals surface area contributed by atoms with Gasteiger partial charge >= 0.3 is 111 Å². The number of nitrogens with one attached hydrogen (secondary N) is 1. The van der Waals surface area contributed by atoms with E-state index in [9.17, 15) is 14.4 Å². The number of hydrogen-bond acceptors (Lipinski definition) is 4. The van der Waals surface area contributed by atoms with Crippen LogP contribution in [0, 0.1) is 0 Å². The molecule has 0 heterocycles. The molecule has 0 aliphatic heterocycles. The Morgan fingerprint density at radius 3 is 2.28 bits per heavy atom. The number of amides is 1. The van der Waals surface area contributed by atoms with Gasteiger partial charge in [0.25, 0.3) is 0 Å². The normalized spacial score (nSPS) is 13.7. The van der Waals surface area contributed by atoms with Crippen LogP contribution in [-0.4, -0.2) is 55.1 Å². The second-order valence-electron chi connectivity index (χ2n) is 3.72. The molecule has 7 nitrogen and oxygen atoms in total. The van der Waals surface area contributed by atoms with Crippen molar-refractivity contribution in [1.29, 1.82) is 0 Å². The fraction of sp³-hybridized carbons (Fsp3) is 0.700. The van der Waals surface area contributed by atoms with Gasteiger partial charge < -0.3 is 0 Å². The van der Waals surface area contributed by atoms with E-state index >= 15 is 0 Å². The third kappa shape index (κ3) is 7.26. The quantitative estimate of drug-likeness (QED) is 0.415. The van der Waals surface area contributed by atoms with Gasteiger partial charge in [0.15, 0.2) is 0 Å². The average Bonchev–Trinajstić information content (AvgIpc) is 2.30. The van der Waals surface area contributed by atoms with Crippen LogP contribution in [0.25, 0.3) is 0 Å². The number of rotatable bonds is 9. The standard InChI is InChI=1S/C10H18N2O5Se/c1-18-5-4-7(10(16)17)12-8(13)3-2-6(11)9(14)15/h6-7H,2-5,11H2,1H3,(H,12,13)(H,14,15)(H,16,17). The van der Waals surface area contributed by atoms with Crippen molar-refractivity contribution in [3.63, 3.8) is 0 Å². The summed E-state index contributed by atoms with van der Waals surface area (Å²) in [5.74, 6) is -0.747. The van der Waals surface area contributed by atoms with Crippen LogP contribution in [0.1, 0.15) is 19.3 Å². The van der Waals surface area contributed by atoms with E-state index in [2.05, 4.69) is 5.32 Å². The van der Waals surface area contributed by atoms with Crippen molar-refractivity contribution in [2.75, 3.05) is 0 Å². The monoisotopic (exact) mass is 326 g/mol. The van der Waals surface area contributed by atoms with E-state index in [-0.39, 0.29) is 12.8 Å². The van der Waals surface area contributed by atoms with Gasteiger partial charge in [0.05, 0.1) is 0 Å². The predicted octanol–water partition coefficient (Wildman–Crippen LogP) is -0.691. The number of carbonyl (C=O) groups is 3. The zero-order valence-corrected chi connectivity index (χ0v) is 11.8. The molecule has 0 bridgehead atoms. The Kier molecular flexibility index (Phi) is 8.36. The van der Waals surface area contributed by atoms with E-state index in [1.807, 2.05) is 5.82 Å². The molecule has 0 saturated heterocycles. The molecule has 0 aromatic rings. The summed E-state index contributed by atoms with van der Waals surface area (Å²) in [5, 5.41) is 20.6. The summed E-state index contributed by atoms with van der Waals surface area (Å²) in [6.07, 6.45) is 0.294. The summed E-state index contributed by atoms with van der Waals surface area (Å²) in [7, 11) is 0. The van der Waals surface area contributed by atoms with Crippen LogP contribution in [-0.2, 0) is 14.4 Å². The zero-order chi connectivity index (χ0) is 14.1. The van der Waals surface area contributed by atoms with Crippen molar-refractivity contribution in [2.24, 2.45) is 5.73 Å². The van der Waals surface area contributed by atoms with Gasteiger partial charge in [-0.3, -0.25) is 0 Å². The molecule has 0 radical (unpaired) electrons.